The van der Waals surface area contributed by atoms with Gasteiger partial charge in [-0.05, 0) is 49.3 Å². The first-order valence-electron chi connectivity index (χ1n) is 7.64. The van der Waals surface area contributed by atoms with E-state index in [4.69, 9.17) is 15.2 Å². The van der Waals surface area contributed by atoms with Crippen LogP contribution < -0.4 is 5.73 Å². The van der Waals surface area contributed by atoms with E-state index in [-0.39, 0.29) is 11.6 Å². The molecule has 2 aliphatic rings. The SMILES string of the molecule is Cc1ccc(C(N)C2CCOC3(CCOC3)C2)cc1C. The second-order valence-electron chi connectivity index (χ2n) is 6.46. The average Bonchev–Trinajstić information content (AvgIpc) is 2.89. The highest BCUT2D eigenvalue weighted by Gasteiger charge is 2.42. The fourth-order valence-corrected chi connectivity index (χ4v) is 3.48. The number of ether oxygens (including phenoxy) is 2. The number of hydrogen-bond donors (Lipinski definition) is 1. The number of nitrogens with two attached hydrogens (primary N) is 1. The molecule has 0 bridgehead atoms. The summed E-state index contributed by atoms with van der Waals surface area (Å²) in [5, 5.41) is 0. The van der Waals surface area contributed by atoms with E-state index in [2.05, 4.69) is 32.0 Å². The summed E-state index contributed by atoms with van der Waals surface area (Å²) in [6, 6.07) is 6.71. The van der Waals surface area contributed by atoms with Crippen LogP contribution in [0.5, 0.6) is 0 Å². The summed E-state index contributed by atoms with van der Waals surface area (Å²) in [6.45, 7) is 6.67. The normalized spacial score (nSPS) is 31.6. The molecular formula is C17H25NO2. The van der Waals surface area contributed by atoms with Crippen molar-refractivity contribution in [3.63, 3.8) is 0 Å². The maximum atomic E-state index is 6.54. The molecule has 3 heteroatoms. The first-order chi connectivity index (χ1) is 9.60. The van der Waals surface area contributed by atoms with Crippen LogP contribution >= 0.6 is 0 Å². The van der Waals surface area contributed by atoms with Gasteiger partial charge in [0, 0.05) is 25.7 Å². The molecular weight excluding hydrogens is 250 g/mol. The summed E-state index contributed by atoms with van der Waals surface area (Å²) in [5.74, 6) is 0.493. The fraction of sp³-hybridized carbons (Fsp3) is 0.647. The highest BCUT2D eigenvalue weighted by Crippen LogP contribution is 2.40. The Bertz CT molecular complexity index is 480. The molecule has 0 amide bonds. The third-order valence-electron chi connectivity index (χ3n) is 5.02. The zero-order chi connectivity index (χ0) is 14.2. The lowest BCUT2D eigenvalue weighted by Crippen LogP contribution is -2.43. The van der Waals surface area contributed by atoms with Crippen LogP contribution in [0.4, 0.5) is 0 Å². The molecule has 2 fully saturated rings. The second-order valence-corrected chi connectivity index (χ2v) is 6.46. The first kappa shape index (κ1) is 14.1. The number of aryl methyl sites for hydroxylation is 2. The molecule has 1 aromatic rings. The Morgan fingerprint density at radius 3 is 2.80 bits per heavy atom. The zero-order valence-corrected chi connectivity index (χ0v) is 12.5. The summed E-state index contributed by atoms with van der Waals surface area (Å²) in [5.41, 5.74) is 10.4. The first-order valence-corrected chi connectivity index (χ1v) is 7.64. The van der Waals surface area contributed by atoms with E-state index in [0.717, 1.165) is 39.1 Å². The fourth-order valence-electron chi connectivity index (χ4n) is 3.48. The second kappa shape index (κ2) is 5.47. The molecule has 2 aliphatic heterocycles. The number of hydrogen-bond acceptors (Lipinski definition) is 3. The van der Waals surface area contributed by atoms with Crippen molar-refractivity contribution in [1.29, 1.82) is 0 Å². The van der Waals surface area contributed by atoms with Gasteiger partial charge in [-0.15, -0.1) is 0 Å². The summed E-state index contributed by atoms with van der Waals surface area (Å²) in [7, 11) is 0. The van der Waals surface area contributed by atoms with Crippen LogP contribution in [-0.2, 0) is 9.47 Å². The van der Waals surface area contributed by atoms with Crippen molar-refractivity contribution >= 4 is 0 Å². The van der Waals surface area contributed by atoms with Gasteiger partial charge in [-0.25, -0.2) is 0 Å². The van der Waals surface area contributed by atoms with Gasteiger partial charge in [-0.3, -0.25) is 0 Å². The van der Waals surface area contributed by atoms with Gasteiger partial charge >= 0.3 is 0 Å². The molecule has 2 N–H and O–H groups in total. The lowest BCUT2D eigenvalue weighted by Gasteiger charge is -2.39. The molecule has 3 nitrogen and oxygen atoms in total. The Labute approximate surface area is 121 Å². The van der Waals surface area contributed by atoms with Crippen LogP contribution in [0, 0.1) is 19.8 Å². The lowest BCUT2D eigenvalue weighted by molar-refractivity contribution is -0.101. The minimum Gasteiger partial charge on any atom is -0.378 e. The van der Waals surface area contributed by atoms with Crippen LogP contribution in [0.15, 0.2) is 18.2 Å². The molecule has 1 aromatic carbocycles. The predicted molar refractivity (Wildman–Crippen MR) is 79.7 cm³/mol. The van der Waals surface area contributed by atoms with Crippen molar-refractivity contribution in [3.8, 4) is 0 Å². The van der Waals surface area contributed by atoms with Crippen molar-refractivity contribution in [1.82, 2.24) is 0 Å². The highest BCUT2D eigenvalue weighted by molar-refractivity contribution is 5.32. The Balaban J connectivity index is 1.75. The molecule has 0 saturated carbocycles. The van der Waals surface area contributed by atoms with Gasteiger partial charge in [-0.1, -0.05) is 18.2 Å². The molecule has 3 atom stereocenters. The summed E-state index contributed by atoms with van der Waals surface area (Å²) < 4.78 is 11.5. The van der Waals surface area contributed by atoms with E-state index in [0.29, 0.717) is 5.92 Å². The highest BCUT2D eigenvalue weighted by atomic mass is 16.6. The summed E-state index contributed by atoms with van der Waals surface area (Å²) >= 11 is 0. The van der Waals surface area contributed by atoms with Crippen molar-refractivity contribution < 1.29 is 9.47 Å². The van der Waals surface area contributed by atoms with Crippen molar-refractivity contribution in [2.45, 2.75) is 44.8 Å². The largest absolute Gasteiger partial charge is 0.378 e. The molecule has 2 heterocycles. The predicted octanol–water partition coefficient (Wildman–Crippen LogP) is 2.89. The van der Waals surface area contributed by atoms with Crippen LogP contribution in [0.1, 0.15) is 42.0 Å². The van der Waals surface area contributed by atoms with Gasteiger partial charge in [0.2, 0.25) is 0 Å². The quantitative estimate of drug-likeness (QED) is 0.902. The van der Waals surface area contributed by atoms with Gasteiger partial charge in [0.05, 0.1) is 12.2 Å². The standard InChI is InChI=1S/C17H25NO2/c1-12-3-4-14(9-13(12)2)16(18)15-5-7-20-17(10-15)6-8-19-11-17/h3-4,9,15-16H,5-8,10-11,18H2,1-2H3. The maximum absolute atomic E-state index is 6.54. The maximum Gasteiger partial charge on any atom is 0.0940 e. The zero-order valence-electron chi connectivity index (χ0n) is 12.5. The topological polar surface area (TPSA) is 44.5 Å². The molecule has 110 valence electrons. The Hall–Kier alpha value is -0.900. The molecule has 0 radical (unpaired) electrons. The van der Waals surface area contributed by atoms with Gasteiger partial charge in [0.25, 0.3) is 0 Å². The summed E-state index contributed by atoms with van der Waals surface area (Å²) in [6.07, 6.45) is 3.10. The Morgan fingerprint density at radius 2 is 2.10 bits per heavy atom. The molecule has 2 saturated heterocycles. The molecule has 0 aliphatic carbocycles. The third kappa shape index (κ3) is 2.62. The van der Waals surface area contributed by atoms with Gasteiger partial charge in [0.15, 0.2) is 0 Å². The van der Waals surface area contributed by atoms with E-state index in [9.17, 15) is 0 Å². The van der Waals surface area contributed by atoms with E-state index in [1.807, 2.05) is 0 Å². The molecule has 3 rings (SSSR count). The van der Waals surface area contributed by atoms with Gasteiger partial charge in [-0.2, -0.15) is 0 Å². The molecule has 1 spiro atoms. The van der Waals surface area contributed by atoms with Crippen LogP contribution in [0.2, 0.25) is 0 Å². The van der Waals surface area contributed by atoms with E-state index >= 15 is 0 Å². The Kier molecular flexibility index (Phi) is 3.85. The third-order valence-corrected chi connectivity index (χ3v) is 5.02. The van der Waals surface area contributed by atoms with Crippen molar-refractivity contribution in [2.24, 2.45) is 11.7 Å². The van der Waals surface area contributed by atoms with Crippen LogP contribution in [0.3, 0.4) is 0 Å². The molecule has 3 unspecified atom stereocenters. The van der Waals surface area contributed by atoms with Crippen LogP contribution in [-0.4, -0.2) is 25.4 Å². The van der Waals surface area contributed by atoms with Crippen molar-refractivity contribution in [2.75, 3.05) is 19.8 Å². The van der Waals surface area contributed by atoms with Gasteiger partial charge < -0.3 is 15.2 Å². The lowest BCUT2D eigenvalue weighted by atomic mass is 9.79. The van der Waals surface area contributed by atoms with E-state index < -0.39 is 0 Å². The monoisotopic (exact) mass is 275 g/mol. The Morgan fingerprint density at radius 1 is 1.25 bits per heavy atom. The van der Waals surface area contributed by atoms with Crippen molar-refractivity contribution in [3.05, 3.63) is 34.9 Å². The van der Waals surface area contributed by atoms with E-state index in [1.165, 1.54) is 16.7 Å². The average molecular weight is 275 g/mol. The molecule has 0 aromatic heterocycles. The van der Waals surface area contributed by atoms with Crippen LogP contribution in [0.25, 0.3) is 0 Å². The smallest absolute Gasteiger partial charge is 0.0940 e. The number of benzene rings is 1. The van der Waals surface area contributed by atoms with E-state index in [1.54, 1.807) is 0 Å². The minimum atomic E-state index is -0.0553. The van der Waals surface area contributed by atoms with Gasteiger partial charge in [0.1, 0.15) is 0 Å². The molecule has 20 heavy (non-hydrogen) atoms. The summed E-state index contributed by atoms with van der Waals surface area (Å²) in [4.78, 5) is 0. The minimum absolute atomic E-state index is 0.0553. The number of rotatable bonds is 2.